The average Bonchev–Trinajstić information content (AvgIpc) is 3.38. The second-order valence-electron chi connectivity index (χ2n) is 5.55. The first-order chi connectivity index (χ1) is 12.3. The Balaban J connectivity index is 1.50. The number of rotatable bonds is 6. The van der Waals surface area contributed by atoms with Crippen molar-refractivity contribution in [3.05, 3.63) is 53.0 Å². The Morgan fingerprint density at radius 2 is 2.20 bits per heavy atom. The van der Waals surface area contributed by atoms with Crippen LogP contribution >= 0.6 is 23.1 Å². The van der Waals surface area contributed by atoms with Crippen molar-refractivity contribution in [2.24, 2.45) is 0 Å². The van der Waals surface area contributed by atoms with Crippen molar-refractivity contribution in [1.82, 2.24) is 20.2 Å². The molecule has 0 fully saturated rings. The molecule has 0 unspecified atom stereocenters. The highest BCUT2D eigenvalue weighted by atomic mass is 32.2. The lowest BCUT2D eigenvalue weighted by Gasteiger charge is -2.00. The number of hydrogen-bond acceptors (Lipinski definition) is 5. The Hall–Kier alpha value is -2.38. The van der Waals surface area contributed by atoms with Crippen molar-refractivity contribution < 1.29 is 4.79 Å². The van der Waals surface area contributed by atoms with Crippen molar-refractivity contribution in [2.75, 3.05) is 5.75 Å². The molecule has 0 amide bonds. The van der Waals surface area contributed by atoms with Gasteiger partial charge >= 0.3 is 0 Å². The van der Waals surface area contributed by atoms with Crippen molar-refractivity contribution in [1.29, 1.82) is 0 Å². The van der Waals surface area contributed by atoms with E-state index in [1.807, 2.05) is 35.8 Å². The molecule has 0 radical (unpaired) electrons. The Bertz CT molecular complexity index is 1020. The molecule has 4 rings (SSSR count). The Labute approximate surface area is 152 Å². The number of thioether (sulfide) groups is 1. The smallest absolute Gasteiger partial charge is 0.209 e. The first-order valence-electron chi connectivity index (χ1n) is 7.97. The number of fused-ring (bicyclic) bond motifs is 1. The normalized spacial score (nSPS) is 11.2. The molecule has 0 saturated carbocycles. The fourth-order valence-corrected chi connectivity index (χ4v) is 4.13. The van der Waals surface area contributed by atoms with Gasteiger partial charge in [-0.15, -0.1) is 16.4 Å². The van der Waals surface area contributed by atoms with Gasteiger partial charge in [-0.1, -0.05) is 43.0 Å². The van der Waals surface area contributed by atoms with E-state index in [0.717, 1.165) is 33.6 Å². The molecule has 126 valence electrons. The summed E-state index contributed by atoms with van der Waals surface area (Å²) in [5.41, 5.74) is 3.00. The summed E-state index contributed by atoms with van der Waals surface area (Å²) in [6.45, 7) is 2.11. The van der Waals surface area contributed by atoms with Crippen LogP contribution in [0, 0.1) is 0 Å². The van der Waals surface area contributed by atoms with E-state index >= 15 is 0 Å². The number of para-hydroxylation sites is 1. The van der Waals surface area contributed by atoms with Gasteiger partial charge in [0.1, 0.15) is 0 Å². The molecule has 7 heteroatoms. The fraction of sp³-hybridized carbons (Fsp3) is 0.167. The summed E-state index contributed by atoms with van der Waals surface area (Å²) in [4.78, 5) is 21.3. The maximum atomic E-state index is 12.6. The molecule has 0 saturated heterocycles. The van der Waals surface area contributed by atoms with E-state index in [2.05, 4.69) is 33.2 Å². The first kappa shape index (κ1) is 16.1. The monoisotopic (exact) mass is 368 g/mol. The van der Waals surface area contributed by atoms with Crippen LogP contribution in [0.4, 0.5) is 0 Å². The fourth-order valence-electron chi connectivity index (χ4n) is 2.78. The molecule has 4 aromatic rings. The van der Waals surface area contributed by atoms with E-state index in [1.165, 1.54) is 17.3 Å². The number of thiophene rings is 1. The molecular weight excluding hydrogens is 352 g/mol. The summed E-state index contributed by atoms with van der Waals surface area (Å²) < 4.78 is 0. The zero-order valence-electron chi connectivity index (χ0n) is 13.6. The minimum atomic E-state index is 0.0759. The van der Waals surface area contributed by atoms with E-state index in [1.54, 1.807) is 11.3 Å². The number of ketones is 1. The van der Waals surface area contributed by atoms with Gasteiger partial charge in [0.05, 0.1) is 10.6 Å². The van der Waals surface area contributed by atoms with Crippen LogP contribution in [-0.4, -0.2) is 31.7 Å². The third-order valence-corrected chi connectivity index (χ3v) is 5.76. The Kier molecular flexibility index (Phi) is 4.42. The van der Waals surface area contributed by atoms with E-state index in [-0.39, 0.29) is 5.78 Å². The number of nitrogens with zero attached hydrogens (tertiary/aromatic N) is 2. The third-order valence-electron chi connectivity index (χ3n) is 4.03. The van der Waals surface area contributed by atoms with Crippen molar-refractivity contribution >= 4 is 39.8 Å². The first-order valence-corrected chi connectivity index (χ1v) is 9.84. The van der Waals surface area contributed by atoms with Gasteiger partial charge in [-0.05, 0) is 23.4 Å². The molecule has 1 aromatic carbocycles. The van der Waals surface area contributed by atoms with E-state index < -0.39 is 0 Å². The van der Waals surface area contributed by atoms with Gasteiger partial charge in [-0.3, -0.25) is 9.89 Å². The molecule has 3 heterocycles. The molecule has 2 N–H and O–H groups in total. The molecule has 0 spiro atoms. The quantitative estimate of drug-likeness (QED) is 0.387. The number of hydrogen-bond donors (Lipinski definition) is 2. The number of carbonyl (C=O) groups is 1. The molecule has 25 heavy (non-hydrogen) atoms. The van der Waals surface area contributed by atoms with Crippen molar-refractivity contribution in [3.63, 3.8) is 0 Å². The second-order valence-corrected chi connectivity index (χ2v) is 7.44. The zero-order chi connectivity index (χ0) is 17.2. The van der Waals surface area contributed by atoms with Gasteiger partial charge in [0.15, 0.2) is 11.6 Å². The number of nitrogens with one attached hydrogen (secondary N) is 2. The minimum Gasteiger partial charge on any atom is -0.360 e. The summed E-state index contributed by atoms with van der Waals surface area (Å²) >= 11 is 2.95. The summed E-state index contributed by atoms with van der Waals surface area (Å²) in [6, 6.07) is 10.0. The molecule has 0 aliphatic heterocycles. The number of benzene rings is 1. The lowest BCUT2D eigenvalue weighted by atomic mass is 10.1. The van der Waals surface area contributed by atoms with E-state index in [0.29, 0.717) is 10.9 Å². The zero-order valence-corrected chi connectivity index (χ0v) is 15.2. The SMILES string of the molecule is CCc1cccc2c(C(=O)CSc3n[nH]c(-c4cccs4)n3)c[nH]c12. The minimum absolute atomic E-state index is 0.0759. The number of Topliss-reactive ketones (excluding diaryl/α,β-unsaturated/α-hetero) is 1. The van der Waals surface area contributed by atoms with Crippen LogP contribution in [0.3, 0.4) is 0 Å². The van der Waals surface area contributed by atoms with Crippen molar-refractivity contribution in [2.45, 2.75) is 18.5 Å². The third kappa shape index (κ3) is 3.12. The maximum Gasteiger partial charge on any atom is 0.209 e. The van der Waals surface area contributed by atoms with Crippen LogP contribution in [0.5, 0.6) is 0 Å². The lowest BCUT2D eigenvalue weighted by Crippen LogP contribution is -2.01. The van der Waals surface area contributed by atoms with Crippen LogP contribution in [0.25, 0.3) is 21.6 Å². The summed E-state index contributed by atoms with van der Waals surface area (Å²) in [6.07, 6.45) is 2.74. The van der Waals surface area contributed by atoms with Gasteiger partial charge in [0.2, 0.25) is 5.16 Å². The Morgan fingerprint density at radius 3 is 3.00 bits per heavy atom. The highest BCUT2D eigenvalue weighted by Crippen LogP contribution is 2.26. The number of aromatic amines is 2. The number of H-pyrrole nitrogens is 2. The van der Waals surface area contributed by atoms with Gasteiger partial charge in [0, 0.05) is 22.7 Å². The second kappa shape index (κ2) is 6.85. The van der Waals surface area contributed by atoms with Crippen LogP contribution in [0.2, 0.25) is 0 Å². The predicted molar refractivity (Wildman–Crippen MR) is 102 cm³/mol. The topological polar surface area (TPSA) is 74.4 Å². The summed E-state index contributed by atoms with van der Waals surface area (Å²) in [5.74, 6) is 1.13. The van der Waals surface area contributed by atoms with Crippen molar-refractivity contribution in [3.8, 4) is 10.7 Å². The molecule has 0 aliphatic rings. The van der Waals surface area contributed by atoms with E-state index in [4.69, 9.17) is 0 Å². The standard InChI is InChI=1S/C18H16N4OS2/c1-2-11-5-3-6-12-13(9-19-16(11)12)14(23)10-25-18-20-17(21-22-18)15-7-4-8-24-15/h3-9,19H,2,10H2,1H3,(H,20,21,22). The number of aryl methyl sites for hydroxylation is 1. The molecule has 0 bridgehead atoms. The number of aromatic nitrogens is 4. The molecular formula is C18H16N4OS2. The van der Waals surface area contributed by atoms with Gasteiger partial charge < -0.3 is 4.98 Å². The highest BCUT2D eigenvalue weighted by Gasteiger charge is 2.15. The van der Waals surface area contributed by atoms with Gasteiger partial charge in [-0.2, -0.15) is 0 Å². The summed E-state index contributed by atoms with van der Waals surface area (Å²) in [7, 11) is 0. The number of carbonyl (C=O) groups excluding carboxylic acids is 1. The van der Waals surface area contributed by atoms with Crippen LogP contribution in [0.15, 0.2) is 47.1 Å². The largest absolute Gasteiger partial charge is 0.360 e. The van der Waals surface area contributed by atoms with Crippen LogP contribution in [0.1, 0.15) is 22.8 Å². The molecule has 5 nitrogen and oxygen atoms in total. The highest BCUT2D eigenvalue weighted by molar-refractivity contribution is 7.99. The maximum absolute atomic E-state index is 12.6. The Morgan fingerprint density at radius 1 is 1.28 bits per heavy atom. The lowest BCUT2D eigenvalue weighted by molar-refractivity contribution is 0.102. The molecule has 3 aromatic heterocycles. The molecule has 0 aliphatic carbocycles. The molecule has 0 atom stereocenters. The van der Waals surface area contributed by atoms with Crippen LogP contribution < -0.4 is 0 Å². The van der Waals surface area contributed by atoms with Gasteiger partial charge in [0.25, 0.3) is 0 Å². The van der Waals surface area contributed by atoms with E-state index in [9.17, 15) is 4.79 Å². The van der Waals surface area contributed by atoms with Crippen LogP contribution in [-0.2, 0) is 6.42 Å². The average molecular weight is 368 g/mol. The predicted octanol–water partition coefficient (Wildman–Crippen LogP) is 4.55. The summed E-state index contributed by atoms with van der Waals surface area (Å²) in [5, 5.41) is 10.7. The van der Waals surface area contributed by atoms with Gasteiger partial charge in [-0.25, -0.2) is 4.98 Å².